The van der Waals surface area contributed by atoms with Crippen molar-refractivity contribution in [3.05, 3.63) is 0 Å². The molecule has 0 N–H and O–H groups in total. The summed E-state index contributed by atoms with van der Waals surface area (Å²) in [5.41, 5.74) is 0. The Kier molecular flexibility index (Phi) is 6.13. The standard InChI is InChI=1S/C7H13FO2/c1-2-3-7(8)4-5-10-6-9/h6-7H,2-5H2,1H3/t7-/m1/s1. The maximum Gasteiger partial charge on any atom is 0.293 e. The molecule has 60 valence electrons. The van der Waals surface area contributed by atoms with E-state index in [1.54, 1.807) is 0 Å². The summed E-state index contributed by atoms with van der Waals surface area (Å²) in [5, 5.41) is 0. The van der Waals surface area contributed by atoms with E-state index in [2.05, 4.69) is 4.74 Å². The maximum atomic E-state index is 12.5. The number of hydrogen-bond acceptors (Lipinski definition) is 2. The summed E-state index contributed by atoms with van der Waals surface area (Å²) >= 11 is 0. The van der Waals surface area contributed by atoms with Gasteiger partial charge in [0.15, 0.2) is 0 Å². The van der Waals surface area contributed by atoms with Gasteiger partial charge >= 0.3 is 0 Å². The highest BCUT2D eigenvalue weighted by Gasteiger charge is 2.03. The minimum Gasteiger partial charge on any atom is -0.468 e. The van der Waals surface area contributed by atoms with Crippen LogP contribution in [0.5, 0.6) is 0 Å². The fourth-order valence-corrected chi connectivity index (χ4v) is 0.702. The number of halogens is 1. The summed E-state index contributed by atoms with van der Waals surface area (Å²) in [7, 11) is 0. The molecule has 2 nitrogen and oxygen atoms in total. The summed E-state index contributed by atoms with van der Waals surface area (Å²) in [4.78, 5) is 9.60. The van der Waals surface area contributed by atoms with Gasteiger partial charge in [-0.3, -0.25) is 4.79 Å². The molecule has 0 aliphatic rings. The Bertz CT molecular complexity index is 85.7. The first-order valence-electron chi connectivity index (χ1n) is 3.50. The fraction of sp³-hybridized carbons (Fsp3) is 0.857. The first kappa shape index (κ1) is 9.40. The average molecular weight is 148 g/mol. The number of hydrogen-bond donors (Lipinski definition) is 0. The van der Waals surface area contributed by atoms with E-state index < -0.39 is 6.17 Å². The van der Waals surface area contributed by atoms with Crippen LogP contribution in [0.25, 0.3) is 0 Å². The molecule has 0 spiro atoms. The zero-order chi connectivity index (χ0) is 7.82. The van der Waals surface area contributed by atoms with Gasteiger partial charge in [0.2, 0.25) is 0 Å². The molecule has 0 aromatic rings. The summed E-state index contributed by atoms with van der Waals surface area (Å²) in [6.07, 6.45) is 0.904. The van der Waals surface area contributed by atoms with Crippen molar-refractivity contribution in [1.82, 2.24) is 0 Å². The molecular weight excluding hydrogens is 135 g/mol. The summed E-state index contributed by atoms with van der Waals surface area (Å²) in [5.74, 6) is 0. The molecule has 0 amide bonds. The largest absolute Gasteiger partial charge is 0.468 e. The molecule has 0 aromatic carbocycles. The molecule has 1 atom stereocenters. The molecule has 0 rings (SSSR count). The van der Waals surface area contributed by atoms with E-state index in [9.17, 15) is 9.18 Å². The van der Waals surface area contributed by atoms with Crippen molar-refractivity contribution < 1.29 is 13.9 Å². The van der Waals surface area contributed by atoms with Crippen LogP contribution in [0.3, 0.4) is 0 Å². The van der Waals surface area contributed by atoms with Crippen LogP contribution in [0.4, 0.5) is 4.39 Å². The van der Waals surface area contributed by atoms with Gasteiger partial charge in [0.1, 0.15) is 6.17 Å². The molecule has 0 aliphatic carbocycles. The molecule has 0 heterocycles. The van der Waals surface area contributed by atoms with Gasteiger partial charge < -0.3 is 4.74 Å². The number of carbonyl (C=O) groups is 1. The van der Waals surface area contributed by atoms with Gasteiger partial charge in [0.05, 0.1) is 6.61 Å². The van der Waals surface area contributed by atoms with Crippen molar-refractivity contribution in [3.63, 3.8) is 0 Å². The Hall–Kier alpha value is -0.600. The van der Waals surface area contributed by atoms with Crippen LogP contribution >= 0.6 is 0 Å². The van der Waals surface area contributed by atoms with Crippen molar-refractivity contribution in [2.45, 2.75) is 32.4 Å². The molecule has 0 radical (unpaired) electrons. The maximum absolute atomic E-state index is 12.5. The van der Waals surface area contributed by atoms with E-state index in [1.807, 2.05) is 6.92 Å². The van der Waals surface area contributed by atoms with Gasteiger partial charge in [-0.1, -0.05) is 13.3 Å². The normalized spacial score (nSPS) is 12.6. The lowest BCUT2D eigenvalue weighted by molar-refractivity contribution is -0.129. The van der Waals surface area contributed by atoms with Crippen LogP contribution in [0.2, 0.25) is 0 Å². The van der Waals surface area contributed by atoms with Gasteiger partial charge in [-0.25, -0.2) is 4.39 Å². The molecule has 0 aliphatic heterocycles. The second kappa shape index (κ2) is 6.52. The molecule has 0 bridgehead atoms. The van der Waals surface area contributed by atoms with Crippen LogP contribution in [0.1, 0.15) is 26.2 Å². The highest BCUT2D eigenvalue weighted by Crippen LogP contribution is 2.05. The van der Waals surface area contributed by atoms with Gasteiger partial charge in [-0.05, 0) is 6.42 Å². The van der Waals surface area contributed by atoms with Crippen LogP contribution in [-0.4, -0.2) is 19.3 Å². The quantitative estimate of drug-likeness (QED) is 0.423. The van der Waals surface area contributed by atoms with Crippen LogP contribution in [0.15, 0.2) is 0 Å². The molecule has 10 heavy (non-hydrogen) atoms. The van der Waals surface area contributed by atoms with E-state index in [-0.39, 0.29) is 6.61 Å². The number of rotatable bonds is 6. The second-order valence-corrected chi connectivity index (χ2v) is 2.14. The highest BCUT2D eigenvalue weighted by atomic mass is 19.1. The lowest BCUT2D eigenvalue weighted by Crippen LogP contribution is -2.04. The van der Waals surface area contributed by atoms with E-state index >= 15 is 0 Å². The van der Waals surface area contributed by atoms with Gasteiger partial charge in [0, 0.05) is 6.42 Å². The van der Waals surface area contributed by atoms with Gasteiger partial charge in [0.25, 0.3) is 6.47 Å². The number of ether oxygens (including phenoxy) is 1. The van der Waals surface area contributed by atoms with Crippen molar-refractivity contribution in [1.29, 1.82) is 0 Å². The van der Waals surface area contributed by atoms with Crippen molar-refractivity contribution in [3.8, 4) is 0 Å². The smallest absolute Gasteiger partial charge is 0.293 e. The van der Waals surface area contributed by atoms with Crippen molar-refractivity contribution >= 4 is 6.47 Å². The third-order valence-electron chi connectivity index (χ3n) is 1.22. The SMILES string of the molecule is CCC[C@@H](F)CCOC=O. The number of carbonyl (C=O) groups excluding carboxylic acids is 1. The summed E-state index contributed by atoms with van der Waals surface area (Å²) in [6.45, 7) is 2.47. The van der Waals surface area contributed by atoms with E-state index in [4.69, 9.17) is 0 Å². The molecule has 0 saturated carbocycles. The van der Waals surface area contributed by atoms with Gasteiger partial charge in [-0.15, -0.1) is 0 Å². The van der Waals surface area contributed by atoms with Crippen LogP contribution < -0.4 is 0 Å². The monoisotopic (exact) mass is 148 g/mol. The Labute approximate surface area is 60.4 Å². The molecule has 0 aromatic heterocycles. The Morgan fingerprint density at radius 1 is 1.60 bits per heavy atom. The lowest BCUT2D eigenvalue weighted by Gasteiger charge is -2.03. The summed E-state index contributed by atoms with van der Waals surface area (Å²) in [6, 6.07) is 0. The van der Waals surface area contributed by atoms with E-state index in [0.717, 1.165) is 6.42 Å². The van der Waals surface area contributed by atoms with E-state index in [1.165, 1.54) is 0 Å². The first-order valence-corrected chi connectivity index (χ1v) is 3.50. The lowest BCUT2D eigenvalue weighted by atomic mass is 10.2. The second-order valence-electron chi connectivity index (χ2n) is 2.14. The average Bonchev–Trinajstić information content (AvgIpc) is 1.89. The summed E-state index contributed by atoms with van der Waals surface area (Å²) < 4.78 is 16.9. The molecule has 0 unspecified atom stereocenters. The van der Waals surface area contributed by atoms with Crippen molar-refractivity contribution in [2.75, 3.05) is 6.61 Å². The Morgan fingerprint density at radius 2 is 2.30 bits per heavy atom. The third-order valence-corrected chi connectivity index (χ3v) is 1.22. The van der Waals surface area contributed by atoms with Crippen LogP contribution in [-0.2, 0) is 9.53 Å². The fourth-order valence-electron chi connectivity index (χ4n) is 0.702. The van der Waals surface area contributed by atoms with Crippen LogP contribution in [0, 0.1) is 0 Å². The minimum atomic E-state index is -0.815. The van der Waals surface area contributed by atoms with E-state index in [0.29, 0.717) is 19.3 Å². The van der Waals surface area contributed by atoms with Crippen molar-refractivity contribution in [2.24, 2.45) is 0 Å². The molecule has 0 fully saturated rings. The van der Waals surface area contributed by atoms with Gasteiger partial charge in [-0.2, -0.15) is 0 Å². The highest BCUT2D eigenvalue weighted by molar-refractivity contribution is 5.36. The zero-order valence-electron chi connectivity index (χ0n) is 6.18. The minimum absolute atomic E-state index is 0.199. The Balaban J connectivity index is 3.04. The zero-order valence-corrected chi connectivity index (χ0v) is 6.18. The molecule has 3 heteroatoms. The predicted octanol–water partition coefficient (Wildman–Crippen LogP) is 1.69. The predicted molar refractivity (Wildman–Crippen MR) is 36.4 cm³/mol. The Morgan fingerprint density at radius 3 is 2.80 bits per heavy atom. The third kappa shape index (κ3) is 5.54. The first-order chi connectivity index (χ1) is 4.81. The number of alkyl halides is 1. The molecular formula is C7H13FO2. The topological polar surface area (TPSA) is 26.3 Å². The molecule has 0 saturated heterocycles.